The lowest BCUT2D eigenvalue weighted by atomic mass is 10.1. The Labute approximate surface area is 104 Å². The molecule has 92 valence electrons. The summed E-state index contributed by atoms with van der Waals surface area (Å²) in [7, 11) is 0. The van der Waals surface area contributed by atoms with Gasteiger partial charge in [0, 0.05) is 13.0 Å². The van der Waals surface area contributed by atoms with Crippen LogP contribution in [0.4, 0.5) is 0 Å². The fraction of sp³-hybridized carbons (Fsp3) is 0.400. The lowest BCUT2D eigenvalue weighted by Gasteiger charge is -2.05. The molecule has 0 spiro atoms. The lowest BCUT2D eigenvalue weighted by molar-refractivity contribution is -0.121. The van der Waals surface area contributed by atoms with Crippen LogP contribution in [0.5, 0.6) is 0 Å². The summed E-state index contributed by atoms with van der Waals surface area (Å²) < 4.78 is 0. The Morgan fingerprint density at radius 1 is 1.41 bits per heavy atom. The molecule has 0 aliphatic heterocycles. The van der Waals surface area contributed by atoms with Gasteiger partial charge < -0.3 is 5.32 Å². The number of benzene rings is 1. The molecule has 0 bridgehead atoms. The quantitative estimate of drug-likeness (QED) is 0.715. The van der Waals surface area contributed by atoms with Crippen molar-refractivity contribution in [2.45, 2.75) is 39.2 Å². The number of carbonyl (C=O) groups excluding carboxylic acids is 1. The van der Waals surface area contributed by atoms with Gasteiger partial charge in [0.25, 0.3) is 0 Å². The summed E-state index contributed by atoms with van der Waals surface area (Å²) in [6.07, 6.45) is 5.70. The molecule has 1 rings (SSSR count). The fourth-order valence-corrected chi connectivity index (χ4v) is 1.65. The van der Waals surface area contributed by atoms with Gasteiger partial charge in [-0.15, -0.1) is 0 Å². The van der Waals surface area contributed by atoms with E-state index in [-0.39, 0.29) is 5.91 Å². The minimum Gasteiger partial charge on any atom is -0.352 e. The molecule has 0 aromatic heterocycles. The number of nitrogens with one attached hydrogen (secondary N) is 1. The summed E-state index contributed by atoms with van der Waals surface area (Å²) in [5.74, 6) is 0.141. The predicted octanol–water partition coefficient (Wildman–Crippen LogP) is 3.53. The SMILES string of the molecule is C=Cc1cccc(CNC(=O)CCCCC)c1. The van der Waals surface area contributed by atoms with E-state index in [0.717, 1.165) is 30.4 Å². The van der Waals surface area contributed by atoms with Crippen molar-refractivity contribution >= 4 is 12.0 Å². The maximum absolute atomic E-state index is 11.5. The Morgan fingerprint density at radius 3 is 2.94 bits per heavy atom. The van der Waals surface area contributed by atoms with Gasteiger partial charge in [0.05, 0.1) is 0 Å². The van der Waals surface area contributed by atoms with Crippen LogP contribution < -0.4 is 5.32 Å². The molecular weight excluding hydrogens is 210 g/mol. The Kier molecular flexibility index (Phi) is 6.08. The molecule has 0 aliphatic carbocycles. The van der Waals surface area contributed by atoms with Crippen molar-refractivity contribution < 1.29 is 4.79 Å². The van der Waals surface area contributed by atoms with Crippen LogP contribution in [-0.2, 0) is 11.3 Å². The number of amides is 1. The minimum absolute atomic E-state index is 0.141. The van der Waals surface area contributed by atoms with Gasteiger partial charge in [0.1, 0.15) is 0 Å². The lowest BCUT2D eigenvalue weighted by Crippen LogP contribution is -2.22. The van der Waals surface area contributed by atoms with Crippen molar-refractivity contribution in [3.05, 3.63) is 42.0 Å². The van der Waals surface area contributed by atoms with Gasteiger partial charge in [0.15, 0.2) is 0 Å². The summed E-state index contributed by atoms with van der Waals surface area (Å²) in [4.78, 5) is 11.5. The molecule has 0 heterocycles. The van der Waals surface area contributed by atoms with Crippen LogP contribution in [0.3, 0.4) is 0 Å². The zero-order valence-corrected chi connectivity index (χ0v) is 10.5. The van der Waals surface area contributed by atoms with Crippen molar-refractivity contribution in [1.29, 1.82) is 0 Å². The molecule has 2 heteroatoms. The Morgan fingerprint density at radius 2 is 2.24 bits per heavy atom. The highest BCUT2D eigenvalue weighted by atomic mass is 16.1. The molecule has 17 heavy (non-hydrogen) atoms. The molecule has 0 unspecified atom stereocenters. The van der Waals surface area contributed by atoms with E-state index < -0.39 is 0 Å². The maximum atomic E-state index is 11.5. The summed E-state index contributed by atoms with van der Waals surface area (Å²) in [5.41, 5.74) is 2.20. The average Bonchev–Trinajstić information content (AvgIpc) is 2.37. The van der Waals surface area contributed by atoms with Gasteiger partial charge in [-0.1, -0.05) is 50.6 Å². The molecule has 0 saturated heterocycles. The number of hydrogen-bond donors (Lipinski definition) is 1. The van der Waals surface area contributed by atoms with Gasteiger partial charge >= 0.3 is 0 Å². The van der Waals surface area contributed by atoms with E-state index in [1.54, 1.807) is 0 Å². The summed E-state index contributed by atoms with van der Waals surface area (Å²) in [6, 6.07) is 8.04. The molecule has 0 fully saturated rings. The molecular formula is C15H21NO. The Bertz CT molecular complexity index is 371. The van der Waals surface area contributed by atoms with Crippen molar-refractivity contribution in [3.63, 3.8) is 0 Å². The monoisotopic (exact) mass is 231 g/mol. The van der Waals surface area contributed by atoms with Crippen molar-refractivity contribution in [2.24, 2.45) is 0 Å². The molecule has 1 amide bonds. The van der Waals surface area contributed by atoms with Crippen molar-refractivity contribution in [1.82, 2.24) is 5.32 Å². The van der Waals surface area contributed by atoms with E-state index in [9.17, 15) is 4.79 Å². The highest BCUT2D eigenvalue weighted by Gasteiger charge is 2.00. The first-order valence-corrected chi connectivity index (χ1v) is 6.24. The smallest absolute Gasteiger partial charge is 0.220 e. The Hall–Kier alpha value is -1.57. The number of unbranched alkanes of at least 4 members (excludes halogenated alkanes) is 2. The van der Waals surface area contributed by atoms with E-state index in [4.69, 9.17) is 0 Å². The van der Waals surface area contributed by atoms with Crippen LogP contribution in [0, 0.1) is 0 Å². The highest BCUT2D eigenvalue weighted by molar-refractivity contribution is 5.75. The number of hydrogen-bond acceptors (Lipinski definition) is 1. The van der Waals surface area contributed by atoms with Crippen LogP contribution >= 0.6 is 0 Å². The predicted molar refractivity (Wildman–Crippen MR) is 72.5 cm³/mol. The zero-order valence-electron chi connectivity index (χ0n) is 10.5. The Balaban J connectivity index is 2.34. The van der Waals surface area contributed by atoms with E-state index in [1.807, 2.05) is 30.3 Å². The van der Waals surface area contributed by atoms with Gasteiger partial charge in [0.2, 0.25) is 5.91 Å². The second-order valence-electron chi connectivity index (χ2n) is 4.18. The van der Waals surface area contributed by atoms with Crippen LogP contribution in [0.25, 0.3) is 6.08 Å². The number of carbonyl (C=O) groups is 1. The van der Waals surface area contributed by atoms with Gasteiger partial charge in [-0.05, 0) is 23.6 Å². The number of rotatable bonds is 7. The molecule has 0 saturated carbocycles. The first-order chi connectivity index (χ1) is 8.26. The molecule has 2 nitrogen and oxygen atoms in total. The van der Waals surface area contributed by atoms with Crippen LogP contribution in [0.15, 0.2) is 30.8 Å². The van der Waals surface area contributed by atoms with Crippen molar-refractivity contribution in [3.8, 4) is 0 Å². The minimum atomic E-state index is 0.141. The van der Waals surface area contributed by atoms with Crippen molar-refractivity contribution in [2.75, 3.05) is 0 Å². The third-order valence-corrected chi connectivity index (χ3v) is 2.68. The van der Waals surface area contributed by atoms with Crippen LogP contribution in [0.1, 0.15) is 43.7 Å². The summed E-state index contributed by atoms with van der Waals surface area (Å²) in [5, 5.41) is 2.94. The normalized spacial score (nSPS) is 9.94. The largest absolute Gasteiger partial charge is 0.352 e. The topological polar surface area (TPSA) is 29.1 Å². The molecule has 0 atom stereocenters. The molecule has 1 aromatic carbocycles. The average molecular weight is 231 g/mol. The summed E-state index contributed by atoms with van der Waals surface area (Å²) in [6.45, 7) is 6.47. The third kappa shape index (κ3) is 5.34. The van der Waals surface area contributed by atoms with Crippen LogP contribution in [-0.4, -0.2) is 5.91 Å². The van der Waals surface area contributed by atoms with E-state index in [2.05, 4.69) is 18.8 Å². The second kappa shape index (κ2) is 7.66. The molecule has 0 radical (unpaired) electrons. The van der Waals surface area contributed by atoms with E-state index in [0.29, 0.717) is 13.0 Å². The van der Waals surface area contributed by atoms with E-state index >= 15 is 0 Å². The molecule has 0 aliphatic rings. The van der Waals surface area contributed by atoms with Gasteiger partial charge in [-0.3, -0.25) is 4.79 Å². The van der Waals surface area contributed by atoms with Gasteiger partial charge in [-0.2, -0.15) is 0 Å². The summed E-state index contributed by atoms with van der Waals surface area (Å²) >= 11 is 0. The molecule has 1 aromatic rings. The van der Waals surface area contributed by atoms with Gasteiger partial charge in [-0.25, -0.2) is 0 Å². The standard InChI is InChI=1S/C15H21NO/c1-3-5-6-10-15(17)16-12-14-9-7-8-13(4-2)11-14/h4,7-9,11H,2-3,5-6,10,12H2,1H3,(H,16,17). The molecule has 1 N–H and O–H groups in total. The highest BCUT2D eigenvalue weighted by Crippen LogP contribution is 2.06. The third-order valence-electron chi connectivity index (χ3n) is 2.68. The second-order valence-corrected chi connectivity index (χ2v) is 4.18. The fourth-order valence-electron chi connectivity index (χ4n) is 1.65. The van der Waals surface area contributed by atoms with Crippen LogP contribution in [0.2, 0.25) is 0 Å². The first-order valence-electron chi connectivity index (χ1n) is 6.24. The van der Waals surface area contributed by atoms with E-state index in [1.165, 1.54) is 0 Å². The maximum Gasteiger partial charge on any atom is 0.220 e. The zero-order chi connectivity index (χ0) is 12.5. The first kappa shape index (κ1) is 13.5.